The van der Waals surface area contributed by atoms with E-state index in [2.05, 4.69) is 0 Å². The zero-order chi connectivity index (χ0) is 28.5. The summed E-state index contributed by atoms with van der Waals surface area (Å²) in [6, 6.07) is 5.03. The first-order chi connectivity index (χ1) is 18.5. The van der Waals surface area contributed by atoms with Gasteiger partial charge in [-0.2, -0.15) is 0 Å². The molecule has 0 bridgehead atoms. The Morgan fingerprint density at radius 2 is 1.79 bits per heavy atom. The topological polar surface area (TPSA) is 194 Å². The molecule has 0 amide bonds. The van der Waals surface area contributed by atoms with Gasteiger partial charge in [-0.3, -0.25) is 0 Å². The number of fused-ring (bicyclic) bond motifs is 1. The second kappa shape index (κ2) is 11.4. The van der Waals surface area contributed by atoms with Gasteiger partial charge in [0.25, 0.3) is 0 Å². The summed E-state index contributed by atoms with van der Waals surface area (Å²) in [5.74, 6) is -1.02. The predicted molar refractivity (Wildman–Crippen MR) is 131 cm³/mol. The molecule has 1 aromatic rings. The molecule has 39 heavy (non-hydrogen) atoms. The van der Waals surface area contributed by atoms with Crippen LogP contribution in [-0.4, -0.2) is 112 Å². The van der Waals surface area contributed by atoms with E-state index in [9.17, 15) is 35.4 Å². The summed E-state index contributed by atoms with van der Waals surface area (Å²) in [6.45, 7) is 0.817. The van der Waals surface area contributed by atoms with E-state index in [1.807, 2.05) is 0 Å². The molecule has 0 radical (unpaired) electrons. The van der Waals surface area contributed by atoms with Crippen LogP contribution < -0.4 is 9.47 Å². The van der Waals surface area contributed by atoms with E-state index in [0.717, 1.165) is 6.26 Å². The van der Waals surface area contributed by atoms with Crippen molar-refractivity contribution in [3.05, 3.63) is 42.2 Å². The first kappa shape index (κ1) is 29.2. The van der Waals surface area contributed by atoms with Gasteiger partial charge < -0.3 is 59.1 Å². The molecule has 10 atom stereocenters. The Bertz CT molecular complexity index is 1090. The van der Waals surface area contributed by atoms with Gasteiger partial charge in [0.15, 0.2) is 17.8 Å². The fourth-order valence-electron chi connectivity index (χ4n) is 5.31. The van der Waals surface area contributed by atoms with Crippen molar-refractivity contribution in [1.29, 1.82) is 0 Å². The van der Waals surface area contributed by atoms with Gasteiger partial charge in [0.05, 0.1) is 39.1 Å². The number of hydrogen-bond acceptors (Lipinski definition) is 13. The maximum Gasteiger partial charge on any atom is 0.331 e. The van der Waals surface area contributed by atoms with Gasteiger partial charge >= 0.3 is 5.97 Å². The third-order valence-corrected chi connectivity index (χ3v) is 7.38. The van der Waals surface area contributed by atoms with Crippen LogP contribution in [0.5, 0.6) is 11.5 Å². The standard InChI is InChI=1S/C26H34O13/c1-25(39-18(29)7-5-13-4-6-14(34-2)15(10-13)35-3)11-17(28)26(33)8-9-36-24(22(25)26)38-23-21(32)20(31)19(30)16(12-27)37-23/h4-10,16-17,19-24,27-28,30-33H,11-12H2,1-3H3/b7-5+/t16-,17-,19-,20+,21-,22-,23+,24+,25+,26-/m1/s1. The molecular formula is C26H34O13. The van der Waals surface area contributed by atoms with E-state index in [4.69, 9.17) is 28.4 Å². The molecule has 216 valence electrons. The van der Waals surface area contributed by atoms with Crippen molar-refractivity contribution < 1.29 is 63.9 Å². The van der Waals surface area contributed by atoms with E-state index in [1.54, 1.807) is 18.2 Å². The molecule has 13 nitrogen and oxygen atoms in total. The zero-order valence-electron chi connectivity index (χ0n) is 21.6. The summed E-state index contributed by atoms with van der Waals surface area (Å²) in [6.07, 6.45) is -5.93. The molecular weight excluding hydrogens is 520 g/mol. The number of aliphatic hydroxyl groups excluding tert-OH is 5. The highest BCUT2D eigenvalue weighted by Gasteiger charge is 2.66. The number of aliphatic hydroxyl groups is 6. The van der Waals surface area contributed by atoms with Crippen LogP contribution in [0, 0.1) is 5.92 Å². The maximum atomic E-state index is 12.9. The number of ether oxygens (including phenoxy) is 6. The van der Waals surface area contributed by atoms with Crippen molar-refractivity contribution in [3.63, 3.8) is 0 Å². The molecule has 0 spiro atoms. The highest BCUT2D eigenvalue weighted by atomic mass is 16.8. The number of carbonyl (C=O) groups is 1. The average Bonchev–Trinajstić information content (AvgIpc) is 3.12. The minimum atomic E-state index is -1.95. The smallest absolute Gasteiger partial charge is 0.331 e. The second-order valence-electron chi connectivity index (χ2n) is 9.91. The third kappa shape index (κ3) is 5.49. The molecule has 3 aliphatic rings. The third-order valence-electron chi connectivity index (χ3n) is 7.38. The number of carbonyl (C=O) groups excluding carboxylic acids is 1. The Hall–Kier alpha value is -2.75. The monoisotopic (exact) mass is 554 g/mol. The highest BCUT2D eigenvalue weighted by Crippen LogP contribution is 2.51. The molecule has 6 N–H and O–H groups in total. The largest absolute Gasteiger partial charge is 0.493 e. The van der Waals surface area contributed by atoms with Crippen LogP contribution in [0.3, 0.4) is 0 Å². The first-order valence-corrected chi connectivity index (χ1v) is 12.3. The SMILES string of the molecule is COc1ccc(/C=C/C(=O)O[C@@]2(C)C[C@@H](O)[C@]3(O)C=CO[C@@H](O[C@@H]4O[C@H](CO)[C@@H](O)[C@H](O)[C@H]4O)[C@@H]32)cc1OC. The lowest BCUT2D eigenvalue weighted by Gasteiger charge is -2.45. The molecule has 0 aromatic heterocycles. The van der Waals surface area contributed by atoms with Crippen molar-refractivity contribution in [3.8, 4) is 11.5 Å². The average molecular weight is 555 g/mol. The van der Waals surface area contributed by atoms with Crippen molar-refractivity contribution >= 4 is 12.0 Å². The Balaban J connectivity index is 1.54. The number of esters is 1. The van der Waals surface area contributed by atoms with Crippen LogP contribution in [0.1, 0.15) is 18.9 Å². The van der Waals surface area contributed by atoms with Crippen LogP contribution >= 0.6 is 0 Å². The molecule has 1 saturated carbocycles. The zero-order valence-corrected chi connectivity index (χ0v) is 21.6. The second-order valence-corrected chi connectivity index (χ2v) is 9.91. The molecule has 2 heterocycles. The number of hydrogen-bond donors (Lipinski definition) is 6. The Labute approximate surface area is 224 Å². The van der Waals surface area contributed by atoms with Gasteiger partial charge in [-0.25, -0.2) is 4.79 Å². The van der Waals surface area contributed by atoms with Gasteiger partial charge in [0, 0.05) is 12.5 Å². The Morgan fingerprint density at radius 3 is 2.46 bits per heavy atom. The Kier molecular flexibility index (Phi) is 8.54. The van der Waals surface area contributed by atoms with Crippen molar-refractivity contribution in [2.24, 2.45) is 5.92 Å². The molecule has 0 unspecified atom stereocenters. The molecule has 2 fully saturated rings. The molecule has 4 rings (SSSR count). The van der Waals surface area contributed by atoms with Gasteiger partial charge in [-0.05, 0) is 36.8 Å². The number of benzene rings is 1. The minimum Gasteiger partial charge on any atom is -0.493 e. The van der Waals surface area contributed by atoms with Gasteiger partial charge in [0.1, 0.15) is 35.6 Å². The van der Waals surface area contributed by atoms with E-state index in [-0.39, 0.29) is 6.42 Å². The van der Waals surface area contributed by atoms with Crippen LogP contribution in [-0.2, 0) is 23.7 Å². The Morgan fingerprint density at radius 1 is 1.08 bits per heavy atom. The minimum absolute atomic E-state index is 0.188. The van der Waals surface area contributed by atoms with Crippen LogP contribution in [0.15, 0.2) is 36.6 Å². The van der Waals surface area contributed by atoms with Crippen molar-refractivity contribution in [2.75, 3.05) is 20.8 Å². The fourth-order valence-corrected chi connectivity index (χ4v) is 5.31. The fraction of sp³-hybridized carbons (Fsp3) is 0.577. The van der Waals surface area contributed by atoms with Crippen LogP contribution in [0.4, 0.5) is 0 Å². The number of methoxy groups -OCH3 is 2. The van der Waals surface area contributed by atoms with E-state index < -0.39 is 72.8 Å². The van der Waals surface area contributed by atoms with Crippen LogP contribution in [0.25, 0.3) is 6.08 Å². The van der Waals surface area contributed by atoms with E-state index >= 15 is 0 Å². The predicted octanol–water partition coefficient (Wildman–Crippen LogP) is -1.18. The van der Waals surface area contributed by atoms with Gasteiger partial charge in [-0.15, -0.1) is 0 Å². The van der Waals surface area contributed by atoms with Crippen molar-refractivity contribution in [2.45, 2.75) is 67.6 Å². The summed E-state index contributed by atoms with van der Waals surface area (Å²) in [7, 11) is 2.98. The normalized spacial score (nSPS) is 39.7. The van der Waals surface area contributed by atoms with Gasteiger partial charge in [-0.1, -0.05) is 6.07 Å². The van der Waals surface area contributed by atoms with E-state index in [1.165, 1.54) is 39.4 Å². The van der Waals surface area contributed by atoms with Gasteiger partial charge in [0.2, 0.25) is 6.29 Å². The van der Waals surface area contributed by atoms with Crippen LogP contribution in [0.2, 0.25) is 0 Å². The van der Waals surface area contributed by atoms with E-state index in [0.29, 0.717) is 17.1 Å². The maximum absolute atomic E-state index is 12.9. The van der Waals surface area contributed by atoms with Crippen molar-refractivity contribution in [1.82, 2.24) is 0 Å². The number of rotatable bonds is 8. The first-order valence-electron chi connectivity index (χ1n) is 12.3. The molecule has 2 aliphatic heterocycles. The quantitative estimate of drug-likeness (QED) is 0.166. The lowest BCUT2D eigenvalue weighted by Crippen LogP contribution is -2.62. The lowest BCUT2D eigenvalue weighted by molar-refractivity contribution is -0.351. The lowest BCUT2D eigenvalue weighted by atomic mass is 9.81. The summed E-state index contributed by atoms with van der Waals surface area (Å²) in [5.41, 5.74) is -2.86. The summed E-state index contributed by atoms with van der Waals surface area (Å²) in [5, 5.41) is 62.1. The summed E-state index contributed by atoms with van der Waals surface area (Å²) in [4.78, 5) is 12.9. The molecule has 1 aliphatic carbocycles. The summed E-state index contributed by atoms with van der Waals surface area (Å²) >= 11 is 0. The molecule has 1 saturated heterocycles. The highest BCUT2D eigenvalue weighted by molar-refractivity contribution is 5.87. The summed E-state index contributed by atoms with van der Waals surface area (Å²) < 4.78 is 32.9. The molecule has 13 heteroatoms. The molecule has 1 aromatic carbocycles.